The lowest BCUT2D eigenvalue weighted by molar-refractivity contribution is -0.123. The molecule has 0 aliphatic carbocycles. The van der Waals surface area contributed by atoms with Crippen molar-refractivity contribution in [2.75, 3.05) is 20.3 Å². The van der Waals surface area contributed by atoms with Crippen molar-refractivity contribution < 1.29 is 9.53 Å². The number of ether oxygens (including phenoxy) is 1. The maximum atomic E-state index is 11.4. The van der Waals surface area contributed by atoms with Crippen molar-refractivity contribution in [3.63, 3.8) is 0 Å². The molecule has 0 aliphatic heterocycles. The summed E-state index contributed by atoms with van der Waals surface area (Å²) in [5, 5.41) is 2.83. The highest BCUT2D eigenvalue weighted by atomic mass is 16.5. The van der Waals surface area contributed by atoms with Crippen LogP contribution in [0.15, 0.2) is 0 Å². The van der Waals surface area contributed by atoms with E-state index in [2.05, 4.69) is 19.2 Å². The average Bonchev–Trinajstić information content (AvgIpc) is 2.19. The molecule has 0 aromatic heterocycles. The third-order valence-electron chi connectivity index (χ3n) is 2.40. The Labute approximate surface area is 86.2 Å². The van der Waals surface area contributed by atoms with E-state index >= 15 is 0 Å². The molecule has 4 nitrogen and oxygen atoms in total. The van der Waals surface area contributed by atoms with Crippen LogP contribution in [0.1, 0.15) is 26.7 Å². The summed E-state index contributed by atoms with van der Waals surface area (Å²) in [5.74, 6) is 0.424. The molecule has 14 heavy (non-hydrogen) atoms. The van der Waals surface area contributed by atoms with Crippen LogP contribution in [0.3, 0.4) is 0 Å². The van der Waals surface area contributed by atoms with Crippen molar-refractivity contribution in [1.29, 1.82) is 0 Å². The van der Waals surface area contributed by atoms with Gasteiger partial charge in [0.2, 0.25) is 5.91 Å². The number of nitrogens with two attached hydrogens (primary N) is 1. The molecule has 0 aromatic carbocycles. The lowest BCUT2D eigenvalue weighted by atomic mass is 10.0. The van der Waals surface area contributed by atoms with Crippen LogP contribution in [0.25, 0.3) is 0 Å². The van der Waals surface area contributed by atoms with Gasteiger partial charge in [0, 0.05) is 13.7 Å². The van der Waals surface area contributed by atoms with E-state index in [1.54, 1.807) is 0 Å². The predicted molar refractivity (Wildman–Crippen MR) is 56.9 cm³/mol. The highest BCUT2D eigenvalue weighted by molar-refractivity contribution is 5.81. The summed E-state index contributed by atoms with van der Waals surface area (Å²) >= 11 is 0. The molecule has 0 spiro atoms. The quantitative estimate of drug-likeness (QED) is 0.632. The summed E-state index contributed by atoms with van der Waals surface area (Å²) < 4.78 is 4.80. The van der Waals surface area contributed by atoms with E-state index in [1.807, 2.05) is 0 Å². The van der Waals surface area contributed by atoms with Crippen molar-refractivity contribution in [3.8, 4) is 0 Å². The normalized spacial score (nSPS) is 12.9. The van der Waals surface area contributed by atoms with Crippen molar-refractivity contribution in [3.05, 3.63) is 0 Å². The zero-order chi connectivity index (χ0) is 11.0. The van der Waals surface area contributed by atoms with Crippen LogP contribution < -0.4 is 11.1 Å². The predicted octanol–water partition coefficient (Wildman–Crippen LogP) is 0.513. The molecule has 3 N–H and O–H groups in total. The fourth-order valence-electron chi connectivity index (χ4n) is 1.21. The van der Waals surface area contributed by atoms with Crippen LogP contribution in [-0.2, 0) is 9.53 Å². The number of carbonyl (C=O) groups is 1. The van der Waals surface area contributed by atoms with Gasteiger partial charge in [-0.2, -0.15) is 0 Å². The zero-order valence-electron chi connectivity index (χ0n) is 9.38. The van der Waals surface area contributed by atoms with Gasteiger partial charge in [0.15, 0.2) is 0 Å². The highest BCUT2D eigenvalue weighted by Gasteiger charge is 2.13. The molecule has 0 saturated carbocycles. The number of carbonyl (C=O) groups excluding carboxylic acids is 1. The lowest BCUT2D eigenvalue weighted by Crippen LogP contribution is -2.44. The molecule has 0 rings (SSSR count). The van der Waals surface area contributed by atoms with E-state index in [0.29, 0.717) is 12.5 Å². The van der Waals surface area contributed by atoms with Crippen molar-refractivity contribution in [2.24, 2.45) is 11.7 Å². The molecular weight excluding hydrogens is 180 g/mol. The number of hydrogen-bond acceptors (Lipinski definition) is 3. The third-order valence-corrected chi connectivity index (χ3v) is 2.40. The summed E-state index contributed by atoms with van der Waals surface area (Å²) in [5.41, 5.74) is 5.56. The van der Waals surface area contributed by atoms with Gasteiger partial charge < -0.3 is 15.8 Å². The summed E-state index contributed by atoms with van der Waals surface area (Å²) in [6.07, 6.45) is 2.16. The summed E-state index contributed by atoms with van der Waals surface area (Å²) in [4.78, 5) is 11.4. The van der Waals surface area contributed by atoms with E-state index in [-0.39, 0.29) is 12.5 Å². The Hall–Kier alpha value is -0.610. The first-order chi connectivity index (χ1) is 6.65. The monoisotopic (exact) mass is 202 g/mol. The van der Waals surface area contributed by atoms with Gasteiger partial charge in [-0.15, -0.1) is 0 Å². The van der Waals surface area contributed by atoms with E-state index in [1.165, 1.54) is 7.11 Å². The van der Waals surface area contributed by atoms with Gasteiger partial charge in [0.05, 0.1) is 6.61 Å². The van der Waals surface area contributed by atoms with Crippen LogP contribution in [0, 0.1) is 5.92 Å². The summed E-state index contributed by atoms with van der Waals surface area (Å²) in [6.45, 7) is 5.23. The third kappa shape index (κ3) is 5.19. The van der Waals surface area contributed by atoms with Gasteiger partial charge >= 0.3 is 0 Å². The molecule has 1 atom stereocenters. The van der Waals surface area contributed by atoms with Crippen LogP contribution in [0.2, 0.25) is 0 Å². The molecule has 0 saturated heterocycles. The van der Waals surface area contributed by atoms with Crippen LogP contribution >= 0.6 is 0 Å². The van der Waals surface area contributed by atoms with Gasteiger partial charge in [-0.25, -0.2) is 0 Å². The van der Waals surface area contributed by atoms with Crippen molar-refractivity contribution in [2.45, 2.75) is 32.7 Å². The molecule has 1 amide bonds. The van der Waals surface area contributed by atoms with Crippen molar-refractivity contribution in [1.82, 2.24) is 5.32 Å². The van der Waals surface area contributed by atoms with E-state index < -0.39 is 6.04 Å². The van der Waals surface area contributed by atoms with Gasteiger partial charge in [0.25, 0.3) is 0 Å². The molecule has 84 valence electrons. The minimum absolute atomic E-state index is 0.126. The summed E-state index contributed by atoms with van der Waals surface area (Å²) in [6, 6.07) is -0.547. The zero-order valence-corrected chi connectivity index (χ0v) is 9.38. The Morgan fingerprint density at radius 2 is 2.00 bits per heavy atom. The van der Waals surface area contributed by atoms with Gasteiger partial charge in [-0.3, -0.25) is 4.79 Å². The molecule has 1 unspecified atom stereocenters. The number of nitrogens with one attached hydrogen (secondary N) is 1. The first-order valence-corrected chi connectivity index (χ1v) is 5.17. The topological polar surface area (TPSA) is 64.4 Å². The molecular formula is C10H22N2O2. The molecule has 0 bridgehead atoms. The second-order valence-corrected chi connectivity index (χ2v) is 3.49. The fourth-order valence-corrected chi connectivity index (χ4v) is 1.21. The number of amides is 1. The Kier molecular flexibility index (Phi) is 7.42. The Balaban J connectivity index is 3.71. The molecule has 4 heteroatoms. The first kappa shape index (κ1) is 13.4. The largest absolute Gasteiger partial charge is 0.383 e. The van der Waals surface area contributed by atoms with E-state index in [4.69, 9.17) is 10.5 Å². The highest BCUT2D eigenvalue weighted by Crippen LogP contribution is 2.04. The average molecular weight is 202 g/mol. The van der Waals surface area contributed by atoms with Gasteiger partial charge in [-0.05, 0) is 5.92 Å². The van der Waals surface area contributed by atoms with E-state index in [0.717, 1.165) is 12.8 Å². The number of methoxy groups -OCH3 is 1. The lowest BCUT2D eigenvalue weighted by Gasteiger charge is -2.15. The van der Waals surface area contributed by atoms with Gasteiger partial charge in [0.1, 0.15) is 6.04 Å². The minimum Gasteiger partial charge on any atom is -0.383 e. The molecule has 0 fully saturated rings. The Morgan fingerprint density at radius 1 is 1.43 bits per heavy atom. The van der Waals surface area contributed by atoms with E-state index in [9.17, 15) is 4.79 Å². The van der Waals surface area contributed by atoms with Crippen molar-refractivity contribution >= 4 is 5.91 Å². The molecule has 0 aromatic rings. The Bertz CT molecular complexity index is 158. The molecule has 0 radical (unpaired) electrons. The number of hydrogen-bond donors (Lipinski definition) is 2. The molecule has 0 aliphatic rings. The van der Waals surface area contributed by atoms with Crippen LogP contribution in [-0.4, -0.2) is 32.2 Å². The standard InChI is InChI=1S/C10H22N2O2/c1-4-8(5-2)6-12-10(13)9(11)7-14-3/h8-9H,4-7,11H2,1-3H3,(H,12,13). The minimum atomic E-state index is -0.547. The van der Waals surface area contributed by atoms with Crippen LogP contribution in [0.5, 0.6) is 0 Å². The maximum Gasteiger partial charge on any atom is 0.239 e. The maximum absolute atomic E-state index is 11.4. The second kappa shape index (κ2) is 7.76. The summed E-state index contributed by atoms with van der Waals surface area (Å²) in [7, 11) is 1.54. The fraction of sp³-hybridized carbons (Fsp3) is 0.900. The smallest absolute Gasteiger partial charge is 0.239 e. The molecule has 0 heterocycles. The van der Waals surface area contributed by atoms with Gasteiger partial charge in [-0.1, -0.05) is 26.7 Å². The SMILES string of the molecule is CCC(CC)CNC(=O)C(N)COC. The second-order valence-electron chi connectivity index (χ2n) is 3.49. The number of rotatable bonds is 7. The van der Waals surface area contributed by atoms with Crippen LogP contribution in [0.4, 0.5) is 0 Å². The first-order valence-electron chi connectivity index (χ1n) is 5.17. The Morgan fingerprint density at radius 3 is 2.43 bits per heavy atom.